The molecule has 0 aliphatic heterocycles. The molecule has 1 aliphatic rings. The number of aromatic amines is 1. The van der Waals surface area contributed by atoms with Crippen molar-refractivity contribution in [2.24, 2.45) is 5.92 Å². The largest absolute Gasteiger partial charge is 0.495 e. The van der Waals surface area contributed by atoms with Crippen LogP contribution in [0.1, 0.15) is 31.5 Å². The first kappa shape index (κ1) is 14.0. The van der Waals surface area contributed by atoms with E-state index in [1.54, 1.807) is 7.11 Å². The van der Waals surface area contributed by atoms with Gasteiger partial charge in [0.05, 0.1) is 12.6 Å². The molecule has 1 aromatic heterocycles. The normalized spacial score (nSPS) is 17.8. The summed E-state index contributed by atoms with van der Waals surface area (Å²) in [7, 11) is 1.69. The van der Waals surface area contributed by atoms with Gasteiger partial charge in [0.25, 0.3) is 0 Å². The second kappa shape index (κ2) is 5.43. The standard InChI is InChI=1S/C17H22N2O2/c1-10(2)17(20)18-11-7-8-14-13(9-11)12-5-4-6-15(21-3)16(12)19-14/h4-6,10-11,19H,7-9H2,1-3H3,(H,18,20). The first-order chi connectivity index (χ1) is 10.1. The Morgan fingerprint density at radius 2 is 2.24 bits per heavy atom. The molecule has 1 aliphatic carbocycles. The summed E-state index contributed by atoms with van der Waals surface area (Å²) in [5, 5.41) is 4.37. The number of benzene rings is 1. The first-order valence-corrected chi connectivity index (χ1v) is 7.57. The maximum atomic E-state index is 11.9. The Morgan fingerprint density at radius 1 is 1.43 bits per heavy atom. The molecule has 4 nitrogen and oxygen atoms in total. The van der Waals surface area contributed by atoms with Gasteiger partial charge < -0.3 is 15.0 Å². The molecule has 0 fully saturated rings. The number of hydrogen-bond acceptors (Lipinski definition) is 2. The molecule has 4 heteroatoms. The van der Waals surface area contributed by atoms with Crippen LogP contribution in [0.2, 0.25) is 0 Å². The highest BCUT2D eigenvalue weighted by atomic mass is 16.5. The Labute approximate surface area is 124 Å². The van der Waals surface area contributed by atoms with Gasteiger partial charge in [-0.3, -0.25) is 4.79 Å². The SMILES string of the molecule is COc1cccc2c3c([nH]c12)CCC(NC(=O)C(C)C)C3. The van der Waals surface area contributed by atoms with Crippen molar-refractivity contribution in [2.75, 3.05) is 7.11 Å². The van der Waals surface area contributed by atoms with Gasteiger partial charge in [0.15, 0.2) is 0 Å². The number of hydrogen-bond donors (Lipinski definition) is 2. The number of fused-ring (bicyclic) bond motifs is 3. The van der Waals surface area contributed by atoms with Gasteiger partial charge in [0.1, 0.15) is 5.75 Å². The highest BCUT2D eigenvalue weighted by Crippen LogP contribution is 2.33. The van der Waals surface area contributed by atoms with Crippen molar-refractivity contribution in [2.45, 2.75) is 39.2 Å². The van der Waals surface area contributed by atoms with E-state index in [0.717, 1.165) is 30.5 Å². The van der Waals surface area contributed by atoms with E-state index in [2.05, 4.69) is 16.4 Å². The summed E-state index contributed by atoms with van der Waals surface area (Å²) in [5.74, 6) is 1.06. The van der Waals surface area contributed by atoms with Crippen molar-refractivity contribution in [3.8, 4) is 5.75 Å². The van der Waals surface area contributed by atoms with Gasteiger partial charge in [0, 0.05) is 23.0 Å². The monoisotopic (exact) mass is 286 g/mol. The van der Waals surface area contributed by atoms with E-state index in [-0.39, 0.29) is 17.9 Å². The number of rotatable bonds is 3. The summed E-state index contributed by atoms with van der Waals surface area (Å²) in [6, 6.07) is 6.35. The lowest BCUT2D eigenvalue weighted by Gasteiger charge is -2.24. The lowest BCUT2D eigenvalue weighted by atomic mass is 9.91. The molecule has 2 N–H and O–H groups in total. The van der Waals surface area contributed by atoms with Crippen LogP contribution in [0.5, 0.6) is 5.75 Å². The van der Waals surface area contributed by atoms with Crippen molar-refractivity contribution in [1.29, 1.82) is 0 Å². The number of nitrogens with one attached hydrogen (secondary N) is 2. The van der Waals surface area contributed by atoms with Crippen LogP contribution < -0.4 is 10.1 Å². The van der Waals surface area contributed by atoms with E-state index in [4.69, 9.17) is 4.74 Å². The molecule has 0 bridgehead atoms. The molecule has 3 rings (SSSR count). The highest BCUT2D eigenvalue weighted by molar-refractivity contribution is 5.90. The van der Waals surface area contributed by atoms with Gasteiger partial charge in [-0.25, -0.2) is 0 Å². The molecule has 0 saturated heterocycles. The summed E-state index contributed by atoms with van der Waals surface area (Å²) >= 11 is 0. The minimum atomic E-state index is 0.0365. The van der Waals surface area contributed by atoms with Gasteiger partial charge in [0.2, 0.25) is 5.91 Å². The van der Waals surface area contributed by atoms with Crippen LogP contribution in [0, 0.1) is 5.92 Å². The number of H-pyrrole nitrogens is 1. The van der Waals surface area contributed by atoms with Crippen LogP contribution in [0.25, 0.3) is 10.9 Å². The van der Waals surface area contributed by atoms with E-state index >= 15 is 0 Å². The summed E-state index contributed by atoms with van der Waals surface area (Å²) in [6.07, 6.45) is 2.85. The quantitative estimate of drug-likeness (QED) is 0.911. The van der Waals surface area contributed by atoms with Crippen LogP contribution in [0.4, 0.5) is 0 Å². The molecular weight excluding hydrogens is 264 g/mol. The molecule has 0 radical (unpaired) electrons. The predicted molar refractivity (Wildman–Crippen MR) is 83.6 cm³/mol. The number of ether oxygens (including phenoxy) is 1. The summed E-state index contributed by atoms with van der Waals surface area (Å²) in [4.78, 5) is 15.4. The molecule has 0 saturated carbocycles. The number of amides is 1. The molecule has 0 spiro atoms. The first-order valence-electron chi connectivity index (χ1n) is 7.57. The number of methoxy groups -OCH3 is 1. The Hall–Kier alpha value is -1.97. The fourth-order valence-corrected chi connectivity index (χ4v) is 3.08. The van der Waals surface area contributed by atoms with Crippen molar-refractivity contribution in [3.63, 3.8) is 0 Å². The zero-order valence-electron chi connectivity index (χ0n) is 12.8. The second-order valence-corrected chi connectivity index (χ2v) is 6.07. The summed E-state index contributed by atoms with van der Waals surface area (Å²) < 4.78 is 5.43. The Bertz CT molecular complexity index is 673. The number of para-hydroxylation sites is 1. The van der Waals surface area contributed by atoms with Gasteiger partial charge >= 0.3 is 0 Å². The number of aryl methyl sites for hydroxylation is 1. The highest BCUT2D eigenvalue weighted by Gasteiger charge is 2.25. The van der Waals surface area contributed by atoms with Gasteiger partial charge in [-0.2, -0.15) is 0 Å². The van der Waals surface area contributed by atoms with Crippen LogP contribution in [-0.2, 0) is 17.6 Å². The third kappa shape index (κ3) is 2.50. The van der Waals surface area contributed by atoms with Gasteiger partial charge in [-0.1, -0.05) is 26.0 Å². The number of carbonyl (C=O) groups excluding carboxylic acids is 1. The molecule has 1 unspecified atom stereocenters. The Balaban J connectivity index is 1.90. The Morgan fingerprint density at radius 3 is 2.95 bits per heavy atom. The zero-order valence-corrected chi connectivity index (χ0v) is 12.8. The molecule has 1 aromatic carbocycles. The number of aromatic nitrogens is 1. The molecular formula is C17H22N2O2. The average Bonchev–Trinajstić information content (AvgIpc) is 2.85. The van der Waals surface area contributed by atoms with E-state index in [9.17, 15) is 4.79 Å². The maximum Gasteiger partial charge on any atom is 0.222 e. The van der Waals surface area contributed by atoms with E-state index in [1.807, 2.05) is 26.0 Å². The summed E-state index contributed by atoms with van der Waals surface area (Å²) in [6.45, 7) is 3.86. The topological polar surface area (TPSA) is 54.1 Å². The van der Waals surface area contributed by atoms with E-state index < -0.39 is 0 Å². The van der Waals surface area contributed by atoms with Crippen LogP contribution in [-0.4, -0.2) is 24.0 Å². The van der Waals surface area contributed by atoms with Gasteiger partial charge in [-0.05, 0) is 30.9 Å². The average molecular weight is 286 g/mol. The molecule has 1 heterocycles. The molecule has 21 heavy (non-hydrogen) atoms. The molecule has 1 atom stereocenters. The fraction of sp³-hybridized carbons (Fsp3) is 0.471. The van der Waals surface area contributed by atoms with Gasteiger partial charge in [-0.15, -0.1) is 0 Å². The lowest BCUT2D eigenvalue weighted by Crippen LogP contribution is -2.40. The predicted octanol–water partition coefficient (Wildman–Crippen LogP) is 2.81. The molecule has 1 amide bonds. The third-order valence-electron chi connectivity index (χ3n) is 4.28. The van der Waals surface area contributed by atoms with Crippen molar-refractivity contribution >= 4 is 16.8 Å². The van der Waals surface area contributed by atoms with E-state index in [1.165, 1.54) is 16.6 Å². The smallest absolute Gasteiger partial charge is 0.222 e. The maximum absolute atomic E-state index is 11.9. The van der Waals surface area contributed by atoms with Crippen LogP contribution >= 0.6 is 0 Å². The lowest BCUT2D eigenvalue weighted by molar-refractivity contribution is -0.124. The van der Waals surface area contributed by atoms with Crippen molar-refractivity contribution in [3.05, 3.63) is 29.5 Å². The Kier molecular flexibility index (Phi) is 3.62. The summed E-state index contributed by atoms with van der Waals surface area (Å²) in [5.41, 5.74) is 3.68. The van der Waals surface area contributed by atoms with Crippen LogP contribution in [0.3, 0.4) is 0 Å². The fourth-order valence-electron chi connectivity index (χ4n) is 3.08. The van der Waals surface area contributed by atoms with Crippen molar-refractivity contribution in [1.82, 2.24) is 10.3 Å². The zero-order chi connectivity index (χ0) is 15.0. The van der Waals surface area contributed by atoms with Crippen LogP contribution in [0.15, 0.2) is 18.2 Å². The minimum absolute atomic E-state index is 0.0365. The van der Waals surface area contributed by atoms with E-state index in [0.29, 0.717) is 0 Å². The number of carbonyl (C=O) groups is 1. The third-order valence-corrected chi connectivity index (χ3v) is 4.28. The molecule has 2 aromatic rings. The second-order valence-electron chi connectivity index (χ2n) is 6.07. The minimum Gasteiger partial charge on any atom is -0.495 e. The van der Waals surface area contributed by atoms with Crippen molar-refractivity contribution < 1.29 is 9.53 Å². The molecule has 112 valence electrons.